The predicted molar refractivity (Wildman–Crippen MR) is 331 cm³/mol. The first-order chi connectivity index (χ1) is 43.5. The van der Waals surface area contributed by atoms with Crippen LogP contribution >= 0.6 is 0 Å². The van der Waals surface area contributed by atoms with Crippen molar-refractivity contribution in [3.05, 3.63) is 167 Å². The van der Waals surface area contributed by atoms with Crippen molar-refractivity contribution < 1.29 is 56.8 Å². The first-order valence-electron chi connectivity index (χ1n) is 31.7. The lowest BCUT2D eigenvalue weighted by molar-refractivity contribution is 0.0883. The van der Waals surface area contributed by atoms with Gasteiger partial charge in [-0.3, -0.25) is 19.9 Å². The standard InChI is InChI=1S/C72H76N4O12/c1-5-9-13-25-49-53-33-55-50(26-14-10-6-2)57-35-59-52(28-16-12-8-4)60-36-58-51(27-15-11-7-3)56-34-54(49)62-70(86-46-22-18-30-74-38-46)64(56)80-43-82-66(58)72(88-48-24-20-32-76-40-48)68(60)84-44-83-67(59)71(87-47-23-19-31-75-39-47)65(57)81-42-79-63(55)69(61(53)77-41-78-62)85-45-21-17-29-73-37-45/h17-24,29-40,49-52H,5-16,25-28,41-44H2,1-4H3. The summed E-state index contributed by atoms with van der Waals surface area (Å²) in [6, 6.07) is 24.3. The Kier molecular flexibility index (Phi) is 17.8. The van der Waals surface area contributed by atoms with Crippen molar-refractivity contribution in [3.63, 3.8) is 0 Å². The van der Waals surface area contributed by atoms with Crippen molar-refractivity contribution in [2.75, 3.05) is 27.2 Å². The monoisotopic (exact) mass is 1190 g/mol. The highest BCUT2D eigenvalue weighted by molar-refractivity contribution is 5.74. The molecule has 0 fully saturated rings. The van der Waals surface area contributed by atoms with E-state index in [0.29, 0.717) is 118 Å². The van der Waals surface area contributed by atoms with E-state index in [1.54, 1.807) is 49.6 Å². The fourth-order valence-electron chi connectivity index (χ4n) is 13.3. The SMILES string of the molecule is CCCCCC1c2cc3c4c(Oc5cccnc5)c2OCOc2c1cc1c(c2Oc2cccnc2)OCOc2c(cc5c(c2Oc2cccnc2)OCOc2c(cc(c(c2Oc2cccnc2)OCO4)C3CCCCC)C5CCCCC)C1CCCCC. The minimum Gasteiger partial charge on any atom is -0.453 e. The van der Waals surface area contributed by atoms with Gasteiger partial charge in [0.2, 0.25) is 50.2 Å². The molecule has 8 heterocycles. The van der Waals surface area contributed by atoms with Gasteiger partial charge in [0.1, 0.15) is 23.0 Å². The number of aromatic nitrogens is 4. The van der Waals surface area contributed by atoms with E-state index >= 15 is 0 Å². The zero-order chi connectivity index (χ0) is 59.8. The molecule has 1 aliphatic carbocycles. The Bertz CT molecular complexity index is 3100. The molecule has 0 amide bonds. The molecule has 0 saturated carbocycles. The second-order valence-corrected chi connectivity index (χ2v) is 23.2. The summed E-state index contributed by atoms with van der Waals surface area (Å²) >= 11 is 0. The van der Waals surface area contributed by atoms with E-state index in [2.05, 4.69) is 71.9 Å². The highest BCUT2D eigenvalue weighted by Crippen LogP contribution is 2.63. The summed E-state index contributed by atoms with van der Waals surface area (Å²) < 4.78 is 85.4. The van der Waals surface area contributed by atoms with Gasteiger partial charge in [0.25, 0.3) is 0 Å². The molecule has 4 aliphatic heterocycles. The second kappa shape index (κ2) is 27.0. The summed E-state index contributed by atoms with van der Waals surface area (Å²) in [6.45, 7) is 8.02. The van der Waals surface area contributed by atoms with E-state index < -0.39 is 0 Å². The molecule has 13 rings (SSSR count). The van der Waals surface area contributed by atoms with Crippen LogP contribution in [-0.2, 0) is 0 Å². The minimum atomic E-state index is -0.372. The fraction of sp³-hybridized carbons (Fsp3) is 0.389. The molecular weight excluding hydrogens is 1110 g/mol. The maximum Gasteiger partial charge on any atom is 0.231 e. The van der Waals surface area contributed by atoms with Crippen molar-refractivity contribution in [2.45, 2.75) is 154 Å². The number of hydrogen-bond acceptors (Lipinski definition) is 16. The average Bonchev–Trinajstić information content (AvgIpc) is 0.768. The lowest BCUT2D eigenvalue weighted by Gasteiger charge is -2.37. The van der Waals surface area contributed by atoms with E-state index in [4.69, 9.17) is 56.8 Å². The van der Waals surface area contributed by atoms with Crippen molar-refractivity contribution in [3.8, 4) is 92.0 Å². The van der Waals surface area contributed by atoms with Gasteiger partial charge in [-0.25, -0.2) is 0 Å². The van der Waals surface area contributed by atoms with Crippen LogP contribution in [0.5, 0.6) is 92.0 Å². The van der Waals surface area contributed by atoms with Crippen LogP contribution in [0.3, 0.4) is 0 Å². The predicted octanol–water partition coefficient (Wildman–Crippen LogP) is 18.5. The van der Waals surface area contributed by atoms with Crippen LogP contribution in [0.2, 0.25) is 0 Å². The summed E-state index contributed by atoms with van der Waals surface area (Å²) in [5.41, 5.74) is 7.32. The van der Waals surface area contributed by atoms with Gasteiger partial charge in [-0.2, -0.15) is 0 Å². The largest absolute Gasteiger partial charge is 0.453 e. The molecule has 8 aromatic rings. The van der Waals surface area contributed by atoms with Gasteiger partial charge in [-0.1, -0.05) is 105 Å². The Balaban J connectivity index is 1.21. The first kappa shape index (κ1) is 58.1. The van der Waals surface area contributed by atoms with Crippen molar-refractivity contribution in [1.29, 1.82) is 0 Å². The lowest BCUT2D eigenvalue weighted by Crippen LogP contribution is -2.24. The molecule has 456 valence electrons. The second-order valence-electron chi connectivity index (χ2n) is 23.2. The molecule has 0 saturated heterocycles. The number of nitrogens with zero attached hydrogens (tertiary/aromatic N) is 4. The van der Waals surface area contributed by atoms with Gasteiger partial charge in [0.05, 0.1) is 24.8 Å². The molecule has 4 aromatic carbocycles. The molecule has 16 heteroatoms. The lowest BCUT2D eigenvalue weighted by atomic mass is 9.75. The Morgan fingerprint density at radius 3 is 0.682 bits per heavy atom. The van der Waals surface area contributed by atoms with Crippen molar-refractivity contribution in [2.24, 2.45) is 0 Å². The molecule has 5 aliphatic rings. The molecule has 8 bridgehead atoms. The van der Waals surface area contributed by atoms with Crippen LogP contribution in [0.25, 0.3) is 0 Å². The smallest absolute Gasteiger partial charge is 0.231 e. The van der Waals surface area contributed by atoms with Crippen LogP contribution in [0.15, 0.2) is 122 Å². The summed E-state index contributed by atoms with van der Waals surface area (Å²) in [5, 5.41) is 0. The summed E-state index contributed by atoms with van der Waals surface area (Å²) in [6.07, 6.45) is 28.1. The van der Waals surface area contributed by atoms with Crippen LogP contribution in [0.4, 0.5) is 0 Å². The van der Waals surface area contributed by atoms with Gasteiger partial charge in [0, 0.05) is 93.0 Å². The van der Waals surface area contributed by atoms with Gasteiger partial charge in [-0.05, 0) is 98.5 Å². The Morgan fingerprint density at radius 1 is 0.307 bits per heavy atom. The third-order valence-electron chi connectivity index (χ3n) is 17.4. The maximum absolute atomic E-state index is 7.18. The molecule has 0 atom stereocenters. The quantitative estimate of drug-likeness (QED) is 0.0525. The molecular formula is C72H76N4O12. The topological polar surface area (TPSA) is 162 Å². The van der Waals surface area contributed by atoms with Crippen molar-refractivity contribution in [1.82, 2.24) is 19.9 Å². The van der Waals surface area contributed by atoms with E-state index in [1.165, 1.54) is 0 Å². The molecule has 0 unspecified atom stereocenters. The number of hydrogen-bond donors (Lipinski definition) is 0. The normalized spacial score (nSPS) is 17.2. The summed E-state index contributed by atoms with van der Waals surface area (Å²) in [5.74, 6) is 6.14. The minimum absolute atomic E-state index is 0.230. The van der Waals surface area contributed by atoms with Gasteiger partial charge in [0.15, 0.2) is 46.0 Å². The molecule has 4 aromatic heterocycles. The number of benzene rings is 4. The highest BCUT2D eigenvalue weighted by atomic mass is 16.7. The molecule has 0 N–H and O–H groups in total. The zero-order valence-electron chi connectivity index (χ0n) is 50.7. The molecule has 88 heavy (non-hydrogen) atoms. The third-order valence-corrected chi connectivity index (χ3v) is 17.4. The van der Waals surface area contributed by atoms with Gasteiger partial charge >= 0.3 is 0 Å². The average molecular weight is 1190 g/mol. The van der Waals surface area contributed by atoms with Gasteiger partial charge in [-0.15, -0.1) is 0 Å². The number of unbranched alkanes of at least 4 members (excludes halogenated alkanes) is 8. The van der Waals surface area contributed by atoms with E-state index in [0.717, 1.165) is 122 Å². The van der Waals surface area contributed by atoms with E-state index in [-0.39, 0.29) is 50.8 Å². The highest BCUT2D eigenvalue weighted by Gasteiger charge is 2.43. The fourth-order valence-corrected chi connectivity index (χ4v) is 13.3. The summed E-state index contributed by atoms with van der Waals surface area (Å²) in [4.78, 5) is 18.1. The zero-order valence-corrected chi connectivity index (χ0v) is 50.7. The Hall–Kier alpha value is -8.92. The van der Waals surface area contributed by atoms with Crippen LogP contribution in [0.1, 0.15) is 199 Å². The first-order valence-corrected chi connectivity index (χ1v) is 31.7. The third kappa shape index (κ3) is 11.7. The Labute approximate surface area is 514 Å². The van der Waals surface area contributed by atoms with Crippen LogP contribution in [-0.4, -0.2) is 47.1 Å². The molecule has 16 nitrogen and oxygen atoms in total. The maximum atomic E-state index is 7.18. The Morgan fingerprint density at radius 2 is 0.511 bits per heavy atom. The number of pyridine rings is 4. The van der Waals surface area contributed by atoms with E-state index in [1.807, 2.05) is 48.5 Å². The number of ether oxygens (including phenoxy) is 12. The van der Waals surface area contributed by atoms with Gasteiger partial charge < -0.3 is 56.8 Å². The summed E-state index contributed by atoms with van der Waals surface area (Å²) in [7, 11) is 0. The molecule has 0 radical (unpaired) electrons. The van der Waals surface area contributed by atoms with E-state index in [9.17, 15) is 0 Å². The molecule has 0 spiro atoms. The van der Waals surface area contributed by atoms with Crippen LogP contribution < -0.4 is 56.8 Å². The van der Waals surface area contributed by atoms with Crippen LogP contribution in [0, 0.1) is 0 Å². The number of rotatable bonds is 24. The van der Waals surface area contributed by atoms with Crippen molar-refractivity contribution >= 4 is 0 Å².